The van der Waals surface area contributed by atoms with Gasteiger partial charge >= 0.3 is 0 Å². The summed E-state index contributed by atoms with van der Waals surface area (Å²) >= 11 is 0. The number of hydrogen-bond acceptors (Lipinski definition) is 4. The van der Waals surface area contributed by atoms with E-state index in [1.807, 2.05) is 0 Å². The molecule has 0 aromatic heterocycles. The van der Waals surface area contributed by atoms with Crippen molar-refractivity contribution in [3.05, 3.63) is 29.8 Å². The highest BCUT2D eigenvalue weighted by atomic mass is 16.5. The van der Waals surface area contributed by atoms with E-state index < -0.39 is 0 Å². The third-order valence-electron chi connectivity index (χ3n) is 5.65. The molecule has 0 spiro atoms. The van der Waals surface area contributed by atoms with Crippen LogP contribution in [0.5, 0.6) is 0 Å². The van der Waals surface area contributed by atoms with Gasteiger partial charge in [0.25, 0.3) is 0 Å². The highest BCUT2D eigenvalue weighted by Crippen LogP contribution is 2.22. The lowest BCUT2D eigenvalue weighted by atomic mass is 9.95. The molecule has 1 amide bonds. The molecule has 1 aromatic rings. The number of anilines is 1. The number of ether oxygens (including phenoxy) is 1. The van der Waals surface area contributed by atoms with Gasteiger partial charge in [0.05, 0.1) is 13.2 Å². The van der Waals surface area contributed by atoms with Gasteiger partial charge in [-0.25, -0.2) is 0 Å². The maximum absolute atomic E-state index is 12.2. The fraction of sp³-hybridized carbons (Fsp3) is 0.682. The third kappa shape index (κ3) is 6.22. The first-order chi connectivity index (χ1) is 13.1. The van der Waals surface area contributed by atoms with E-state index in [0.29, 0.717) is 24.2 Å². The second kappa shape index (κ2) is 10.1. The van der Waals surface area contributed by atoms with Crippen LogP contribution in [0.3, 0.4) is 0 Å². The van der Waals surface area contributed by atoms with Gasteiger partial charge in [0, 0.05) is 51.4 Å². The van der Waals surface area contributed by atoms with Crippen LogP contribution in [0.4, 0.5) is 5.69 Å². The van der Waals surface area contributed by atoms with Crippen molar-refractivity contribution < 1.29 is 9.53 Å². The molecular weight excluding hydrogens is 338 g/mol. The Balaban J connectivity index is 1.46. The highest BCUT2D eigenvalue weighted by molar-refractivity contribution is 5.76. The van der Waals surface area contributed by atoms with E-state index in [-0.39, 0.29) is 0 Å². The summed E-state index contributed by atoms with van der Waals surface area (Å²) < 4.78 is 5.46. The van der Waals surface area contributed by atoms with E-state index in [1.165, 1.54) is 11.3 Å². The van der Waals surface area contributed by atoms with Gasteiger partial charge < -0.3 is 15.0 Å². The fourth-order valence-electron chi connectivity index (χ4n) is 3.95. The van der Waals surface area contributed by atoms with Crippen LogP contribution in [0.2, 0.25) is 0 Å². The SMILES string of the molecule is CC(C)CC(=O)N1CCC(CNc2ccccc2CN2CCOCC2)CC1. The second-order valence-electron chi connectivity index (χ2n) is 8.35. The molecule has 5 nitrogen and oxygen atoms in total. The lowest BCUT2D eigenvalue weighted by Gasteiger charge is -2.33. The van der Waals surface area contributed by atoms with Crippen LogP contribution in [-0.2, 0) is 16.1 Å². The Morgan fingerprint density at radius 1 is 1.15 bits per heavy atom. The van der Waals surface area contributed by atoms with Crippen LogP contribution < -0.4 is 5.32 Å². The average Bonchev–Trinajstić information content (AvgIpc) is 2.68. The van der Waals surface area contributed by atoms with Crippen molar-refractivity contribution in [3.8, 4) is 0 Å². The molecule has 2 fully saturated rings. The number of carbonyl (C=O) groups is 1. The van der Waals surface area contributed by atoms with E-state index >= 15 is 0 Å². The first kappa shape index (κ1) is 20.2. The summed E-state index contributed by atoms with van der Waals surface area (Å²) in [5, 5.41) is 3.69. The number of piperidine rings is 1. The predicted molar refractivity (Wildman–Crippen MR) is 110 cm³/mol. The minimum Gasteiger partial charge on any atom is -0.385 e. The average molecular weight is 374 g/mol. The van der Waals surface area contributed by atoms with Gasteiger partial charge in [0.2, 0.25) is 5.91 Å². The number of benzene rings is 1. The zero-order valence-corrected chi connectivity index (χ0v) is 17.0. The van der Waals surface area contributed by atoms with Crippen molar-refractivity contribution >= 4 is 11.6 Å². The van der Waals surface area contributed by atoms with Crippen LogP contribution in [0, 0.1) is 11.8 Å². The number of hydrogen-bond donors (Lipinski definition) is 1. The van der Waals surface area contributed by atoms with Gasteiger partial charge in [-0.05, 0) is 36.3 Å². The molecule has 3 rings (SSSR count). The third-order valence-corrected chi connectivity index (χ3v) is 5.65. The smallest absolute Gasteiger partial charge is 0.222 e. The first-order valence-corrected chi connectivity index (χ1v) is 10.5. The molecule has 0 unspecified atom stereocenters. The quantitative estimate of drug-likeness (QED) is 0.797. The molecule has 1 aromatic carbocycles. The number of nitrogens with one attached hydrogen (secondary N) is 1. The normalized spacial score (nSPS) is 19.4. The van der Waals surface area contributed by atoms with Crippen LogP contribution in [0.1, 0.15) is 38.7 Å². The molecule has 1 N–H and O–H groups in total. The Bertz CT molecular complexity index is 591. The summed E-state index contributed by atoms with van der Waals surface area (Å²) in [4.78, 5) is 16.7. The summed E-state index contributed by atoms with van der Waals surface area (Å²) in [5.74, 6) is 1.41. The molecule has 27 heavy (non-hydrogen) atoms. The van der Waals surface area contributed by atoms with Crippen LogP contribution in [0.15, 0.2) is 24.3 Å². The number of rotatable bonds is 7. The Morgan fingerprint density at radius 2 is 1.85 bits per heavy atom. The lowest BCUT2D eigenvalue weighted by molar-refractivity contribution is -0.133. The zero-order chi connectivity index (χ0) is 19.1. The monoisotopic (exact) mass is 373 g/mol. The van der Waals surface area contributed by atoms with Crippen molar-refractivity contribution in [2.75, 3.05) is 51.3 Å². The Morgan fingerprint density at radius 3 is 2.56 bits per heavy atom. The molecule has 150 valence electrons. The molecule has 2 aliphatic heterocycles. The summed E-state index contributed by atoms with van der Waals surface area (Å²) in [7, 11) is 0. The maximum atomic E-state index is 12.2. The van der Waals surface area contributed by atoms with E-state index in [9.17, 15) is 4.79 Å². The van der Waals surface area contributed by atoms with Crippen LogP contribution in [-0.4, -0.2) is 61.6 Å². The van der Waals surface area contributed by atoms with Crippen molar-refractivity contribution in [1.82, 2.24) is 9.80 Å². The van der Waals surface area contributed by atoms with Crippen molar-refractivity contribution in [1.29, 1.82) is 0 Å². The number of morpholine rings is 1. The number of nitrogens with zero attached hydrogens (tertiary/aromatic N) is 2. The molecule has 0 saturated carbocycles. The minimum absolute atomic E-state index is 0.326. The largest absolute Gasteiger partial charge is 0.385 e. The summed E-state index contributed by atoms with van der Waals surface area (Å²) in [5.41, 5.74) is 2.62. The fourth-order valence-corrected chi connectivity index (χ4v) is 3.95. The maximum Gasteiger partial charge on any atom is 0.222 e. The topological polar surface area (TPSA) is 44.8 Å². The van der Waals surface area contributed by atoms with Crippen molar-refractivity contribution in [2.24, 2.45) is 11.8 Å². The minimum atomic E-state index is 0.326. The summed E-state index contributed by atoms with van der Waals surface area (Å²) in [6.45, 7) is 11.7. The standard InChI is InChI=1S/C22H35N3O2/c1-18(2)15-22(26)25-9-7-19(8-10-25)16-23-21-6-4-3-5-20(21)17-24-11-13-27-14-12-24/h3-6,18-19,23H,7-17H2,1-2H3. The Hall–Kier alpha value is -1.59. The molecule has 0 radical (unpaired) electrons. The molecule has 0 atom stereocenters. The Labute approximate surface area is 164 Å². The molecule has 2 heterocycles. The first-order valence-electron chi connectivity index (χ1n) is 10.5. The molecular formula is C22H35N3O2. The zero-order valence-electron chi connectivity index (χ0n) is 17.0. The molecule has 2 saturated heterocycles. The van der Waals surface area contributed by atoms with Crippen LogP contribution in [0.25, 0.3) is 0 Å². The number of carbonyl (C=O) groups excluding carboxylic acids is 1. The van der Waals surface area contributed by atoms with Gasteiger partial charge in [-0.3, -0.25) is 9.69 Å². The predicted octanol–water partition coefficient (Wildman–Crippen LogP) is 3.22. The van der Waals surface area contributed by atoms with Gasteiger partial charge in [0.15, 0.2) is 0 Å². The summed E-state index contributed by atoms with van der Waals surface area (Å²) in [6.07, 6.45) is 2.88. The van der Waals surface area contributed by atoms with Crippen molar-refractivity contribution in [2.45, 2.75) is 39.7 Å². The number of para-hydroxylation sites is 1. The number of likely N-dealkylation sites (tertiary alicyclic amines) is 1. The van der Waals surface area contributed by atoms with E-state index in [1.54, 1.807) is 0 Å². The highest BCUT2D eigenvalue weighted by Gasteiger charge is 2.23. The van der Waals surface area contributed by atoms with Gasteiger partial charge in [-0.1, -0.05) is 32.0 Å². The second-order valence-corrected chi connectivity index (χ2v) is 8.35. The summed E-state index contributed by atoms with van der Waals surface area (Å²) in [6, 6.07) is 8.65. The molecule has 5 heteroatoms. The Kier molecular flexibility index (Phi) is 7.53. The van der Waals surface area contributed by atoms with E-state index in [0.717, 1.165) is 65.3 Å². The molecule has 0 bridgehead atoms. The van der Waals surface area contributed by atoms with E-state index in [2.05, 4.69) is 53.2 Å². The van der Waals surface area contributed by atoms with Gasteiger partial charge in [0.1, 0.15) is 0 Å². The van der Waals surface area contributed by atoms with Crippen LogP contribution >= 0.6 is 0 Å². The van der Waals surface area contributed by atoms with Gasteiger partial charge in [-0.15, -0.1) is 0 Å². The molecule has 2 aliphatic rings. The lowest BCUT2D eigenvalue weighted by Crippen LogP contribution is -2.40. The number of amides is 1. The van der Waals surface area contributed by atoms with E-state index in [4.69, 9.17) is 4.74 Å². The van der Waals surface area contributed by atoms with Gasteiger partial charge in [-0.2, -0.15) is 0 Å². The van der Waals surface area contributed by atoms with Crippen molar-refractivity contribution in [3.63, 3.8) is 0 Å². The molecule has 0 aliphatic carbocycles.